The Kier molecular flexibility index (Phi) is 12.7. The lowest BCUT2D eigenvalue weighted by atomic mass is 9.98. The number of aryl methyl sites for hydroxylation is 1. The highest BCUT2D eigenvalue weighted by Crippen LogP contribution is 2.32. The van der Waals surface area contributed by atoms with Gasteiger partial charge in [0.1, 0.15) is 30.3 Å². The van der Waals surface area contributed by atoms with Crippen LogP contribution in [0.4, 0.5) is 0 Å². The number of ether oxygens (including phenoxy) is 3. The lowest BCUT2D eigenvalue weighted by Crippen LogP contribution is -2.11. The van der Waals surface area contributed by atoms with Crippen molar-refractivity contribution >= 4 is 5.97 Å². The van der Waals surface area contributed by atoms with Crippen LogP contribution in [0.3, 0.4) is 0 Å². The Balaban J connectivity index is 1.69. The van der Waals surface area contributed by atoms with Gasteiger partial charge in [0.05, 0.1) is 13.2 Å². The Morgan fingerprint density at radius 1 is 0.763 bits per heavy atom. The predicted molar refractivity (Wildman–Crippen MR) is 152 cm³/mol. The molecule has 0 unspecified atom stereocenters. The largest absolute Gasteiger partial charge is 0.489 e. The molecule has 5 heteroatoms. The number of rotatable bonds is 17. The summed E-state index contributed by atoms with van der Waals surface area (Å²) in [5, 5.41) is 9.38. The summed E-state index contributed by atoms with van der Waals surface area (Å²) < 4.78 is 17.5. The molecule has 0 heterocycles. The lowest BCUT2D eigenvalue weighted by Gasteiger charge is -2.17. The van der Waals surface area contributed by atoms with Crippen molar-refractivity contribution in [2.75, 3.05) is 7.11 Å². The van der Waals surface area contributed by atoms with Gasteiger partial charge in [-0.2, -0.15) is 0 Å². The van der Waals surface area contributed by atoms with E-state index in [1.807, 2.05) is 73.7 Å². The third kappa shape index (κ3) is 10.2. The molecule has 5 nitrogen and oxygen atoms in total. The number of methoxy groups -OCH3 is 1. The molecule has 0 amide bonds. The van der Waals surface area contributed by atoms with Gasteiger partial charge in [-0.1, -0.05) is 99.2 Å². The van der Waals surface area contributed by atoms with E-state index in [2.05, 4.69) is 0 Å². The number of hydrogen-bond donors (Lipinski definition) is 1. The molecular weight excluding hydrogens is 476 g/mol. The molecule has 3 rings (SSSR count). The number of aliphatic hydroxyl groups is 1. The summed E-state index contributed by atoms with van der Waals surface area (Å²) >= 11 is 0. The first kappa shape index (κ1) is 29.2. The molecule has 3 aromatic rings. The number of esters is 1. The summed E-state index contributed by atoms with van der Waals surface area (Å²) in [6.45, 7) is 2.63. The molecule has 204 valence electrons. The monoisotopic (exact) mass is 518 g/mol. The Hall–Kier alpha value is -3.31. The van der Waals surface area contributed by atoms with Gasteiger partial charge in [0.15, 0.2) is 0 Å². The van der Waals surface area contributed by atoms with E-state index >= 15 is 0 Å². The van der Waals surface area contributed by atoms with E-state index in [-0.39, 0.29) is 6.10 Å². The van der Waals surface area contributed by atoms with Crippen LogP contribution < -0.4 is 9.47 Å². The van der Waals surface area contributed by atoms with Crippen LogP contribution >= 0.6 is 0 Å². The predicted octanol–water partition coefficient (Wildman–Crippen LogP) is 7.68. The van der Waals surface area contributed by atoms with Crippen molar-refractivity contribution in [1.29, 1.82) is 0 Å². The minimum atomic E-state index is -0.393. The average molecular weight is 519 g/mol. The smallest absolute Gasteiger partial charge is 0.341 e. The number of benzene rings is 3. The maximum Gasteiger partial charge on any atom is 0.341 e. The lowest BCUT2D eigenvalue weighted by molar-refractivity contribution is 0.0594. The van der Waals surface area contributed by atoms with Crippen molar-refractivity contribution in [3.63, 3.8) is 0 Å². The maximum absolute atomic E-state index is 12.9. The molecule has 0 saturated carbocycles. The topological polar surface area (TPSA) is 65.0 Å². The highest BCUT2D eigenvalue weighted by molar-refractivity contribution is 5.94. The van der Waals surface area contributed by atoms with Crippen LogP contribution in [-0.2, 0) is 24.4 Å². The third-order valence-electron chi connectivity index (χ3n) is 6.60. The first-order chi connectivity index (χ1) is 18.6. The number of carbonyl (C=O) groups excluding carboxylic acids is 1. The van der Waals surface area contributed by atoms with Gasteiger partial charge in [0, 0.05) is 6.07 Å². The minimum Gasteiger partial charge on any atom is -0.489 e. The second-order valence-corrected chi connectivity index (χ2v) is 9.86. The summed E-state index contributed by atoms with van der Waals surface area (Å²) in [4.78, 5) is 12.9. The van der Waals surface area contributed by atoms with Crippen LogP contribution in [-0.4, -0.2) is 24.3 Å². The Labute approximate surface area is 227 Å². The summed E-state index contributed by atoms with van der Waals surface area (Å²) in [5.74, 6) is 0.771. The zero-order valence-corrected chi connectivity index (χ0v) is 22.9. The maximum atomic E-state index is 12.9. The SMILES string of the molecule is COC(=O)c1c(CCCCCCCCC[C@H](C)O)cc(OCc2ccccc2)cc1OCc1ccccc1. The van der Waals surface area contributed by atoms with E-state index in [0.717, 1.165) is 55.2 Å². The fourth-order valence-corrected chi connectivity index (χ4v) is 4.49. The van der Waals surface area contributed by atoms with Gasteiger partial charge in [-0.15, -0.1) is 0 Å². The van der Waals surface area contributed by atoms with E-state index in [0.29, 0.717) is 30.3 Å². The normalized spacial score (nSPS) is 11.7. The molecule has 0 aromatic heterocycles. The van der Waals surface area contributed by atoms with Crippen LogP contribution in [0, 0.1) is 0 Å². The average Bonchev–Trinajstić information content (AvgIpc) is 2.94. The Morgan fingerprint density at radius 3 is 1.89 bits per heavy atom. The molecule has 0 saturated heterocycles. The fourth-order valence-electron chi connectivity index (χ4n) is 4.49. The minimum absolute atomic E-state index is 0.201. The molecule has 0 spiro atoms. The Morgan fingerprint density at radius 2 is 1.32 bits per heavy atom. The Bertz CT molecular complexity index is 1080. The molecule has 3 aromatic carbocycles. The zero-order chi connectivity index (χ0) is 27.0. The molecule has 0 bridgehead atoms. The van der Waals surface area contributed by atoms with Crippen LogP contribution in [0.2, 0.25) is 0 Å². The van der Waals surface area contributed by atoms with Crippen LogP contribution in [0.15, 0.2) is 72.8 Å². The number of carbonyl (C=O) groups is 1. The summed E-state index contributed by atoms with van der Waals surface area (Å²) in [7, 11) is 1.41. The number of unbranched alkanes of at least 4 members (excludes halogenated alkanes) is 6. The van der Waals surface area contributed by atoms with E-state index in [9.17, 15) is 9.90 Å². The number of hydrogen-bond acceptors (Lipinski definition) is 5. The van der Waals surface area contributed by atoms with Crippen molar-refractivity contribution in [1.82, 2.24) is 0 Å². The molecule has 0 aliphatic heterocycles. The van der Waals surface area contributed by atoms with E-state index in [1.165, 1.54) is 26.4 Å². The van der Waals surface area contributed by atoms with Crippen LogP contribution in [0.25, 0.3) is 0 Å². The van der Waals surface area contributed by atoms with E-state index < -0.39 is 5.97 Å². The van der Waals surface area contributed by atoms with Gasteiger partial charge in [0.25, 0.3) is 0 Å². The van der Waals surface area contributed by atoms with Crippen LogP contribution in [0.1, 0.15) is 85.3 Å². The highest BCUT2D eigenvalue weighted by Gasteiger charge is 2.21. The second-order valence-electron chi connectivity index (χ2n) is 9.86. The molecule has 38 heavy (non-hydrogen) atoms. The molecule has 0 aliphatic carbocycles. The summed E-state index contributed by atoms with van der Waals surface area (Å²) in [6, 6.07) is 23.7. The van der Waals surface area contributed by atoms with Crippen molar-refractivity contribution in [2.24, 2.45) is 0 Å². The quantitative estimate of drug-likeness (QED) is 0.147. The molecule has 0 radical (unpaired) electrons. The zero-order valence-electron chi connectivity index (χ0n) is 22.9. The van der Waals surface area contributed by atoms with Crippen molar-refractivity contribution in [3.8, 4) is 11.5 Å². The molecule has 0 fully saturated rings. The first-order valence-corrected chi connectivity index (χ1v) is 13.8. The van der Waals surface area contributed by atoms with Gasteiger partial charge in [-0.3, -0.25) is 0 Å². The van der Waals surface area contributed by atoms with Crippen molar-refractivity contribution in [3.05, 3.63) is 95.1 Å². The standard InChI is InChI=1S/C33H42O5/c1-26(34)16-10-6-4-3-5-7-15-21-29-22-30(37-24-27-17-11-8-12-18-27)23-31(32(29)33(35)36-2)38-25-28-19-13-9-14-20-28/h8-9,11-14,17-20,22-23,26,34H,3-7,10,15-16,21,24-25H2,1-2H3/t26-/m0/s1. The van der Waals surface area contributed by atoms with Crippen molar-refractivity contribution in [2.45, 2.75) is 84.0 Å². The molecule has 1 atom stereocenters. The molecular formula is C33H42O5. The van der Waals surface area contributed by atoms with E-state index in [4.69, 9.17) is 14.2 Å². The van der Waals surface area contributed by atoms with Crippen molar-refractivity contribution < 1.29 is 24.1 Å². The molecule has 1 N–H and O–H groups in total. The first-order valence-electron chi connectivity index (χ1n) is 13.8. The van der Waals surface area contributed by atoms with Gasteiger partial charge in [-0.05, 0) is 48.9 Å². The van der Waals surface area contributed by atoms with Gasteiger partial charge in [-0.25, -0.2) is 4.79 Å². The molecule has 0 aliphatic rings. The summed E-state index contributed by atoms with van der Waals surface area (Å²) in [6.07, 6.45) is 9.28. The highest BCUT2D eigenvalue weighted by atomic mass is 16.5. The summed E-state index contributed by atoms with van der Waals surface area (Å²) in [5.41, 5.74) is 3.47. The van der Waals surface area contributed by atoms with Gasteiger partial charge < -0.3 is 19.3 Å². The fraction of sp³-hybridized carbons (Fsp3) is 0.424. The number of aliphatic hydroxyl groups excluding tert-OH is 1. The second kappa shape index (κ2) is 16.5. The van der Waals surface area contributed by atoms with E-state index in [1.54, 1.807) is 6.07 Å². The third-order valence-corrected chi connectivity index (χ3v) is 6.60. The van der Waals surface area contributed by atoms with Crippen LogP contribution in [0.5, 0.6) is 11.5 Å². The van der Waals surface area contributed by atoms with Gasteiger partial charge >= 0.3 is 5.97 Å². The van der Waals surface area contributed by atoms with Gasteiger partial charge in [0.2, 0.25) is 0 Å².